The summed E-state index contributed by atoms with van der Waals surface area (Å²) in [4.78, 5) is 0. The lowest BCUT2D eigenvalue weighted by Gasteiger charge is -2.18. The summed E-state index contributed by atoms with van der Waals surface area (Å²) in [7, 11) is 0. The maximum atomic E-state index is 6.09. The second-order valence-electron chi connectivity index (χ2n) is 4.55. The first-order chi connectivity index (χ1) is 9.19. The topological polar surface area (TPSA) is 21.3 Å². The number of halogens is 1. The third kappa shape index (κ3) is 6.07. The van der Waals surface area contributed by atoms with E-state index in [1.807, 2.05) is 30.0 Å². The van der Waals surface area contributed by atoms with E-state index < -0.39 is 0 Å². The molecule has 0 aliphatic heterocycles. The zero-order valence-corrected chi connectivity index (χ0v) is 13.6. The summed E-state index contributed by atoms with van der Waals surface area (Å²) in [5, 5.41) is 4.24. The first kappa shape index (κ1) is 16.7. The summed E-state index contributed by atoms with van der Waals surface area (Å²) in [5.41, 5.74) is 1.14. The molecule has 1 atom stereocenters. The summed E-state index contributed by atoms with van der Waals surface area (Å²) in [5.74, 6) is 2.08. The van der Waals surface area contributed by atoms with Gasteiger partial charge in [0.25, 0.3) is 0 Å². The number of nitrogens with one attached hydrogen (secondary N) is 1. The van der Waals surface area contributed by atoms with Crippen molar-refractivity contribution in [3.63, 3.8) is 0 Å². The Bertz CT molecular complexity index is 373. The fourth-order valence-electron chi connectivity index (χ4n) is 1.85. The van der Waals surface area contributed by atoms with Gasteiger partial charge >= 0.3 is 0 Å². The molecule has 0 bridgehead atoms. The number of hydrogen-bond acceptors (Lipinski definition) is 3. The van der Waals surface area contributed by atoms with Crippen LogP contribution in [0, 0.1) is 0 Å². The van der Waals surface area contributed by atoms with Gasteiger partial charge in [0.1, 0.15) is 5.75 Å². The van der Waals surface area contributed by atoms with E-state index in [1.165, 1.54) is 0 Å². The highest BCUT2D eigenvalue weighted by atomic mass is 35.5. The molecule has 4 heteroatoms. The van der Waals surface area contributed by atoms with Crippen molar-refractivity contribution in [1.82, 2.24) is 5.32 Å². The van der Waals surface area contributed by atoms with Crippen LogP contribution in [-0.2, 0) is 0 Å². The van der Waals surface area contributed by atoms with Gasteiger partial charge in [0.05, 0.1) is 6.61 Å². The Morgan fingerprint density at radius 2 is 2.21 bits per heavy atom. The van der Waals surface area contributed by atoms with Crippen molar-refractivity contribution in [3.05, 3.63) is 28.8 Å². The van der Waals surface area contributed by atoms with Crippen LogP contribution < -0.4 is 10.1 Å². The molecule has 0 aromatic heterocycles. The standard InChI is InChI=1S/C15H24ClNOS/c1-4-8-17-12(2)14-11-13(16)6-7-15(14)18-9-5-10-19-3/h6-7,11-12,17H,4-5,8-10H2,1-3H3. The van der Waals surface area contributed by atoms with Crippen LogP contribution >= 0.6 is 23.4 Å². The van der Waals surface area contributed by atoms with Crippen LogP contribution in [0.2, 0.25) is 5.02 Å². The number of thioether (sulfide) groups is 1. The summed E-state index contributed by atoms with van der Waals surface area (Å²) in [6.07, 6.45) is 4.30. The monoisotopic (exact) mass is 301 g/mol. The number of ether oxygens (including phenoxy) is 1. The Balaban J connectivity index is 2.67. The van der Waals surface area contributed by atoms with Crippen molar-refractivity contribution < 1.29 is 4.74 Å². The van der Waals surface area contributed by atoms with Gasteiger partial charge in [0.2, 0.25) is 0 Å². The minimum absolute atomic E-state index is 0.259. The van der Waals surface area contributed by atoms with Crippen molar-refractivity contribution in [3.8, 4) is 5.75 Å². The third-order valence-corrected chi connectivity index (χ3v) is 3.82. The van der Waals surface area contributed by atoms with Gasteiger partial charge in [-0.3, -0.25) is 0 Å². The number of rotatable bonds is 9. The average molecular weight is 302 g/mol. The molecule has 1 aromatic rings. The molecule has 0 spiro atoms. The fraction of sp³-hybridized carbons (Fsp3) is 0.600. The summed E-state index contributed by atoms with van der Waals surface area (Å²) < 4.78 is 5.88. The largest absolute Gasteiger partial charge is 0.493 e. The highest BCUT2D eigenvalue weighted by molar-refractivity contribution is 7.98. The molecule has 0 saturated heterocycles. The molecule has 1 N–H and O–H groups in total. The Hall–Kier alpha value is -0.380. The van der Waals surface area contributed by atoms with Crippen LogP contribution in [0.1, 0.15) is 38.3 Å². The first-order valence-corrected chi connectivity index (χ1v) is 8.60. The van der Waals surface area contributed by atoms with Crippen LogP contribution in [-0.4, -0.2) is 25.2 Å². The van der Waals surface area contributed by atoms with Crippen LogP contribution in [0.3, 0.4) is 0 Å². The molecular weight excluding hydrogens is 278 g/mol. The average Bonchev–Trinajstić information content (AvgIpc) is 2.42. The van der Waals surface area contributed by atoms with Gasteiger partial charge in [-0.2, -0.15) is 11.8 Å². The zero-order chi connectivity index (χ0) is 14.1. The molecule has 0 aliphatic carbocycles. The van der Waals surface area contributed by atoms with E-state index in [9.17, 15) is 0 Å². The van der Waals surface area contributed by atoms with Crippen LogP contribution in [0.4, 0.5) is 0 Å². The zero-order valence-electron chi connectivity index (χ0n) is 12.0. The van der Waals surface area contributed by atoms with Crippen molar-refractivity contribution in [1.29, 1.82) is 0 Å². The molecule has 1 aromatic carbocycles. The number of hydrogen-bond donors (Lipinski definition) is 1. The lowest BCUT2D eigenvalue weighted by atomic mass is 10.1. The number of benzene rings is 1. The van der Waals surface area contributed by atoms with E-state index in [0.29, 0.717) is 0 Å². The predicted molar refractivity (Wildman–Crippen MR) is 86.7 cm³/mol. The minimum Gasteiger partial charge on any atom is -0.493 e. The molecule has 1 unspecified atom stereocenters. The maximum Gasteiger partial charge on any atom is 0.124 e. The SMILES string of the molecule is CCCNC(C)c1cc(Cl)ccc1OCCCSC. The minimum atomic E-state index is 0.259. The highest BCUT2D eigenvalue weighted by Gasteiger charge is 2.11. The lowest BCUT2D eigenvalue weighted by Crippen LogP contribution is -2.20. The van der Waals surface area contributed by atoms with Crippen molar-refractivity contribution >= 4 is 23.4 Å². The second-order valence-corrected chi connectivity index (χ2v) is 5.97. The molecule has 108 valence electrons. The van der Waals surface area contributed by atoms with E-state index in [4.69, 9.17) is 16.3 Å². The molecule has 19 heavy (non-hydrogen) atoms. The smallest absolute Gasteiger partial charge is 0.124 e. The molecular formula is C15H24ClNOS. The maximum absolute atomic E-state index is 6.09. The molecule has 2 nitrogen and oxygen atoms in total. The predicted octanol–water partition coefficient (Wildman–Crippen LogP) is 4.53. The lowest BCUT2D eigenvalue weighted by molar-refractivity contribution is 0.312. The van der Waals surface area contributed by atoms with E-state index in [1.54, 1.807) is 0 Å². The second kappa shape index (κ2) is 9.51. The van der Waals surface area contributed by atoms with Gasteiger partial charge in [0, 0.05) is 16.6 Å². The van der Waals surface area contributed by atoms with Gasteiger partial charge in [-0.15, -0.1) is 0 Å². The van der Waals surface area contributed by atoms with E-state index in [0.717, 1.165) is 48.1 Å². The molecule has 0 amide bonds. The summed E-state index contributed by atoms with van der Waals surface area (Å²) >= 11 is 7.94. The molecule has 0 fully saturated rings. The van der Waals surface area contributed by atoms with Gasteiger partial charge in [-0.1, -0.05) is 18.5 Å². The molecule has 1 rings (SSSR count). The third-order valence-electron chi connectivity index (χ3n) is 2.89. The van der Waals surface area contributed by atoms with Crippen molar-refractivity contribution in [2.45, 2.75) is 32.7 Å². The van der Waals surface area contributed by atoms with Crippen LogP contribution in [0.5, 0.6) is 5.75 Å². The van der Waals surface area contributed by atoms with Gasteiger partial charge in [0.15, 0.2) is 0 Å². The Morgan fingerprint density at radius 3 is 2.89 bits per heavy atom. The van der Waals surface area contributed by atoms with Gasteiger partial charge in [-0.05, 0) is 56.5 Å². The molecule has 0 radical (unpaired) electrons. The van der Waals surface area contributed by atoms with Crippen LogP contribution in [0.15, 0.2) is 18.2 Å². The Kier molecular flexibility index (Phi) is 8.35. The quantitative estimate of drug-likeness (QED) is 0.677. The van der Waals surface area contributed by atoms with Crippen LogP contribution in [0.25, 0.3) is 0 Å². The molecule has 0 aliphatic rings. The summed E-state index contributed by atoms with van der Waals surface area (Å²) in [6.45, 7) is 6.07. The highest BCUT2D eigenvalue weighted by Crippen LogP contribution is 2.28. The normalized spacial score (nSPS) is 12.4. The molecule has 0 saturated carbocycles. The van der Waals surface area contributed by atoms with E-state index in [2.05, 4.69) is 25.4 Å². The van der Waals surface area contributed by atoms with Crippen molar-refractivity contribution in [2.75, 3.05) is 25.2 Å². The van der Waals surface area contributed by atoms with Gasteiger partial charge < -0.3 is 10.1 Å². The molecule has 0 heterocycles. The van der Waals surface area contributed by atoms with E-state index >= 15 is 0 Å². The van der Waals surface area contributed by atoms with Crippen molar-refractivity contribution in [2.24, 2.45) is 0 Å². The Morgan fingerprint density at radius 1 is 1.42 bits per heavy atom. The van der Waals surface area contributed by atoms with Gasteiger partial charge in [-0.25, -0.2) is 0 Å². The van der Waals surface area contributed by atoms with E-state index in [-0.39, 0.29) is 6.04 Å². The Labute approximate surface area is 126 Å². The summed E-state index contributed by atoms with van der Waals surface area (Å²) in [6, 6.07) is 6.12. The fourth-order valence-corrected chi connectivity index (χ4v) is 2.43. The first-order valence-electron chi connectivity index (χ1n) is 6.83.